The number of pyridine rings is 1. The van der Waals surface area contributed by atoms with Crippen molar-refractivity contribution in [2.75, 3.05) is 5.32 Å². The SMILES string of the molecule is N#Cc1ccc([C@H]2CC(=O)Nc3c2ncn3-c2cccnc2)cc1. The first-order chi connectivity index (χ1) is 11.8. The van der Waals surface area contributed by atoms with Gasteiger partial charge in [0.1, 0.15) is 12.1 Å². The molecule has 1 atom stereocenters. The molecule has 3 aromatic rings. The second-order valence-electron chi connectivity index (χ2n) is 5.60. The molecule has 0 radical (unpaired) electrons. The molecule has 0 bridgehead atoms. The molecule has 0 unspecified atom stereocenters. The van der Waals surface area contributed by atoms with Crippen LogP contribution in [0.2, 0.25) is 0 Å². The van der Waals surface area contributed by atoms with Crippen LogP contribution in [0.15, 0.2) is 55.1 Å². The minimum Gasteiger partial charge on any atom is -0.310 e. The number of aromatic nitrogens is 3. The van der Waals surface area contributed by atoms with Gasteiger partial charge in [0.05, 0.1) is 29.2 Å². The topological polar surface area (TPSA) is 83.6 Å². The zero-order chi connectivity index (χ0) is 16.5. The van der Waals surface area contributed by atoms with E-state index in [4.69, 9.17) is 5.26 Å². The fourth-order valence-corrected chi connectivity index (χ4v) is 2.96. The Morgan fingerprint density at radius 3 is 2.79 bits per heavy atom. The quantitative estimate of drug-likeness (QED) is 0.788. The third-order valence-electron chi connectivity index (χ3n) is 4.14. The van der Waals surface area contributed by atoms with Crippen LogP contribution in [-0.2, 0) is 4.79 Å². The number of imidazole rings is 1. The fraction of sp³-hybridized carbons (Fsp3) is 0.111. The van der Waals surface area contributed by atoms with Crippen molar-refractivity contribution >= 4 is 11.7 Å². The van der Waals surface area contributed by atoms with Crippen molar-refractivity contribution in [3.8, 4) is 11.8 Å². The second-order valence-corrected chi connectivity index (χ2v) is 5.60. The van der Waals surface area contributed by atoms with Gasteiger partial charge in [0.15, 0.2) is 0 Å². The molecule has 1 amide bonds. The summed E-state index contributed by atoms with van der Waals surface area (Å²) in [5.74, 6) is 0.496. The number of amides is 1. The Labute approximate surface area is 138 Å². The van der Waals surface area contributed by atoms with Gasteiger partial charge in [-0.1, -0.05) is 12.1 Å². The van der Waals surface area contributed by atoms with Gasteiger partial charge in [-0.2, -0.15) is 5.26 Å². The molecule has 0 spiro atoms. The average molecular weight is 315 g/mol. The van der Waals surface area contributed by atoms with Gasteiger partial charge >= 0.3 is 0 Å². The lowest BCUT2D eigenvalue weighted by Crippen LogP contribution is -2.24. The normalized spacial score (nSPS) is 16.1. The van der Waals surface area contributed by atoms with E-state index in [-0.39, 0.29) is 11.8 Å². The summed E-state index contributed by atoms with van der Waals surface area (Å²) in [5.41, 5.74) is 3.23. The molecule has 0 fully saturated rings. The highest BCUT2D eigenvalue weighted by Gasteiger charge is 2.30. The monoisotopic (exact) mass is 315 g/mol. The summed E-state index contributed by atoms with van der Waals surface area (Å²) in [6.45, 7) is 0. The molecule has 1 N–H and O–H groups in total. The first-order valence-corrected chi connectivity index (χ1v) is 7.54. The van der Waals surface area contributed by atoms with Crippen molar-refractivity contribution in [2.45, 2.75) is 12.3 Å². The molecule has 116 valence electrons. The number of benzene rings is 1. The number of nitriles is 1. The average Bonchev–Trinajstić information content (AvgIpc) is 3.05. The lowest BCUT2D eigenvalue weighted by Gasteiger charge is -2.23. The summed E-state index contributed by atoms with van der Waals surface area (Å²) in [6, 6.07) is 13.1. The molecule has 3 heterocycles. The lowest BCUT2D eigenvalue weighted by molar-refractivity contribution is -0.116. The first kappa shape index (κ1) is 14.2. The molecule has 1 aliphatic heterocycles. The van der Waals surface area contributed by atoms with Crippen LogP contribution >= 0.6 is 0 Å². The van der Waals surface area contributed by atoms with Crippen molar-refractivity contribution in [1.82, 2.24) is 14.5 Å². The highest BCUT2D eigenvalue weighted by atomic mass is 16.1. The van der Waals surface area contributed by atoms with Crippen LogP contribution < -0.4 is 5.32 Å². The summed E-state index contributed by atoms with van der Waals surface area (Å²) >= 11 is 0. The number of hydrogen-bond donors (Lipinski definition) is 1. The van der Waals surface area contributed by atoms with Gasteiger partial charge in [-0.25, -0.2) is 4.98 Å². The molecule has 1 aliphatic rings. The zero-order valence-electron chi connectivity index (χ0n) is 12.7. The maximum atomic E-state index is 12.2. The van der Waals surface area contributed by atoms with Crippen LogP contribution in [0.1, 0.15) is 29.2 Å². The largest absolute Gasteiger partial charge is 0.310 e. The smallest absolute Gasteiger partial charge is 0.226 e. The summed E-state index contributed by atoms with van der Waals surface area (Å²) in [6.07, 6.45) is 5.46. The van der Waals surface area contributed by atoms with Crippen molar-refractivity contribution in [3.05, 3.63) is 71.9 Å². The van der Waals surface area contributed by atoms with Gasteiger partial charge in [0, 0.05) is 18.5 Å². The van der Waals surface area contributed by atoms with Crippen molar-refractivity contribution < 1.29 is 4.79 Å². The van der Waals surface area contributed by atoms with E-state index in [1.807, 2.05) is 28.8 Å². The number of nitrogens with one attached hydrogen (secondary N) is 1. The van der Waals surface area contributed by atoms with E-state index < -0.39 is 0 Å². The molecule has 0 saturated carbocycles. The Morgan fingerprint density at radius 1 is 1.25 bits per heavy atom. The Kier molecular flexibility index (Phi) is 3.32. The second kappa shape index (κ2) is 5.63. The highest BCUT2D eigenvalue weighted by Crippen LogP contribution is 2.37. The number of nitrogens with zero attached hydrogens (tertiary/aromatic N) is 4. The zero-order valence-corrected chi connectivity index (χ0v) is 12.7. The molecule has 1 aromatic carbocycles. The third kappa shape index (κ3) is 2.32. The van der Waals surface area contributed by atoms with E-state index in [0.717, 1.165) is 16.9 Å². The Hall–Kier alpha value is -3.46. The molecule has 0 saturated heterocycles. The van der Waals surface area contributed by atoms with Gasteiger partial charge in [0.25, 0.3) is 0 Å². The van der Waals surface area contributed by atoms with Gasteiger partial charge < -0.3 is 5.32 Å². The molecule has 6 heteroatoms. The first-order valence-electron chi connectivity index (χ1n) is 7.54. The van der Waals surface area contributed by atoms with Crippen LogP contribution in [0.4, 0.5) is 5.82 Å². The molecule has 6 nitrogen and oxygen atoms in total. The van der Waals surface area contributed by atoms with Gasteiger partial charge in [-0.15, -0.1) is 0 Å². The van der Waals surface area contributed by atoms with Crippen LogP contribution in [0.3, 0.4) is 0 Å². The van der Waals surface area contributed by atoms with Crippen molar-refractivity contribution in [3.63, 3.8) is 0 Å². The van der Waals surface area contributed by atoms with E-state index >= 15 is 0 Å². The van der Waals surface area contributed by atoms with Crippen molar-refractivity contribution in [2.24, 2.45) is 0 Å². The van der Waals surface area contributed by atoms with Gasteiger partial charge in [-0.3, -0.25) is 14.3 Å². The van der Waals surface area contributed by atoms with Crippen LogP contribution in [0, 0.1) is 11.3 Å². The van der Waals surface area contributed by atoms with E-state index in [9.17, 15) is 4.79 Å². The van der Waals surface area contributed by atoms with Gasteiger partial charge in [0.2, 0.25) is 5.91 Å². The van der Waals surface area contributed by atoms with E-state index in [2.05, 4.69) is 21.4 Å². The van der Waals surface area contributed by atoms with Crippen LogP contribution in [-0.4, -0.2) is 20.4 Å². The standard InChI is InChI=1S/C18H13N5O/c19-9-12-3-5-13(6-4-12)15-8-16(24)22-18-17(15)21-11-23(18)14-2-1-7-20-10-14/h1-7,10-11,15H,8H2,(H,22,24)/t15-/m1/s1. The summed E-state index contributed by atoms with van der Waals surface area (Å²) in [4.78, 5) is 20.8. The number of anilines is 1. The number of hydrogen-bond acceptors (Lipinski definition) is 4. The third-order valence-corrected chi connectivity index (χ3v) is 4.14. The maximum absolute atomic E-state index is 12.2. The van der Waals surface area contributed by atoms with Gasteiger partial charge in [-0.05, 0) is 29.8 Å². The predicted molar refractivity (Wildman–Crippen MR) is 87.6 cm³/mol. The Bertz CT molecular complexity index is 938. The molecular weight excluding hydrogens is 302 g/mol. The molecule has 2 aromatic heterocycles. The van der Waals surface area contributed by atoms with Crippen LogP contribution in [0.5, 0.6) is 0 Å². The molecule has 24 heavy (non-hydrogen) atoms. The number of carbonyl (C=O) groups is 1. The Balaban J connectivity index is 1.79. The number of carbonyl (C=O) groups excluding carboxylic acids is 1. The molecule has 0 aliphatic carbocycles. The highest BCUT2D eigenvalue weighted by molar-refractivity contribution is 5.94. The molecular formula is C18H13N5O. The summed E-state index contributed by atoms with van der Waals surface area (Å²) in [5, 5.41) is 11.8. The van der Waals surface area contributed by atoms with Crippen molar-refractivity contribution in [1.29, 1.82) is 5.26 Å². The predicted octanol–water partition coefficient (Wildman–Crippen LogP) is 2.61. The van der Waals surface area contributed by atoms with E-state index in [1.165, 1.54) is 0 Å². The lowest BCUT2D eigenvalue weighted by atomic mass is 9.89. The minimum atomic E-state index is -0.126. The summed E-state index contributed by atoms with van der Waals surface area (Å²) < 4.78 is 1.83. The number of fused-ring (bicyclic) bond motifs is 1. The molecule has 4 rings (SSSR count). The number of rotatable bonds is 2. The Morgan fingerprint density at radius 2 is 2.08 bits per heavy atom. The maximum Gasteiger partial charge on any atom is 0.226 e. The fourth-order valence-electron chi connectivity index (χ4n) is 2.96. The summed E-state index contributed by atoms with van der Waals surface area (Å²) in [7, 11) is 0. The van der Waals surface area contributed by atoms with E-state index in [0.29, 0.717) is 17.8 Å². The minimum absolute atomic E-state index is 0.0532. The van der Waals surface area contributed by atoms with E-state index in [1.54, 1.807) is 30.9 Å². The van der Waals surface area contributed by atoms with Crippen LogP contribution in [0.25, 0.3) is 5.69 Å².